The van der Waals surface area contributed by atoms with Gasteiger partial charge in [-0.15, -0.1) is 0 Å². The van der Waals surface area contributed by atoms with Gasteiger partial charge in [-0.3, -0.25) is 19.9 Å². The molecule has 0 aliphatic rings. The summed E-state index contributed by atoms with van der Waals surface area (Å²) in [6.45, 7) is 15.9. The average Bonchev–Trinajstić information content (AvgIpc) is 3.72. The molecular formula is C60H96GdN4O21. The smallest absolute Gasteiger partial charge is 0.166 e. The number of ether oxygens (including phenoxy) is 18. The van der Waals surface area contributed by atoms with Crippen molar-refractivity contribution in [3.05, 3.63) is 71.3 Å². The maximum Gasteiger partial charge on any atom is 0.166 e. The van der Waals surface area contributed by atoms with Crippen LogP contribution in [0.1, 0.15) is 16.7 Å². The van der Waals surface area contributed by atoms with Crippen molar-refractivity contribution in [1.82, 2.24) is 4.90 Å². The molecular weight excluding hydrogens is 1270 g/mol. The van der Waals surface area contributed by atoms with Crippen LogP contribution in [0.4, 0.5) is 0 Å². The zero-order valence-electron chi connectivity index (χ0n) is 50.7. The molecule has 25 nitrogen and oxygen atoms in total. The van der Waals surface area contributed by atoms with Crippen LogP contribution in [0.15, 0.2) is 69.6 Å². The first-order chi connectivity index (χ1) is 42.0. The van der Waals surface area contributed by atoms with E-state index in [1.807, 2.05) is 0 Å². The third-order valence-electron chi connectivity index (χ3n) is 11.5. The summed E-state index contributed by atoms with van der Waals surface area (Å²) < 4.78 is 98.2. The van der Waals surface area contributed by atoms with Crippen molar-refractivity contribution in [3.8, 4) is 34.5 Å². The number of hydrogen-bond acceptors (Lipinski definition) is 25. The molecule has 0 unspecified atom stereocenters. The summed E-state index contributed by atoms with van der Waals surface area (Å²) in [6.07, 6.45) is 4.85. The van der Waals surface area contributed by atoms with Crippen LogP contribution in [0.2, 0.25) is 0 Å². The molecule has 0 bridgehead atoms. The Balaban J connectivity index is 0.0000252. The number of methoxy groups -OCH3 is 3. The van der Waals surface area contributed by atoms with E-state index in [9.17, 15) is 15.3 Å². The fourth-order valence-corrected chi connectivity index (χ4v) is 7.05. The number of para-hydroxylation sites is 3. The van der Waals surface area contributed by atoms with Gasteiger partial charge < -0.3 is 101 Å². The first kappa shape index (κ1) is 78.3. The van der Waals surface area contributed by atoms with E-state index in [-0.39, 0.29) is 77.0 Å². The van der Waals surface area contributed by atoms with Crippen molar-refractivity contribution >= 4 is 18.6 Å². The predicted molar refractivity (Wildman–Crippen MR) is 320 cm³/mol. The third kappa shape index (κ3) is 41.4. The molecule has 0 radical (unpaired) electrons. The van der Waals surface area contributed by atoms with E-state index in [2.05, 4.69) is 19.9 Å². The molecule has 0 atom stereocenters. The Morgan fingerprint density at radius 2 is 0.500 bits per heavy atom. The van der Waals surface area contributed by atoms with Crippen molar-refractivity contribution in [2.45, 2.75) is 0 Å². The number of hydrogen-bond donors (Lipinski definition) is 3. The van der Waals surface area contributed by atoms with Gasteiger partial charge in [0.15, 0.2) is 34.5 Å². The monoisotopic (exact) mass is 1370 g/mol. The molecule has 86 heavy (non-hydrogen) atoms. The molecule has 3 rings (SSSR count). The Bertz CT molecular complexity index is 1900. The molecule has 0 aliphatic carbocycles. The van der Waals surface area contributed by atoms with Crippen molar-refractivity contribution in [3.63, 3.8) is 0 Å². The number of aromatic hydroxyl groups is 3. The van der Waals surface area contributed by atoms with E-state index < -0.39 is 0 Å². The quantitative estimate of drug-likeness (QED) is 0.0532. The summed E-state index contributed by atoms with van der Waals surface area (Å²) >= 11 is 0. The molecule has 3 aromatic rings. The van der Waals surface area contributed by atoms with E-state index >= 15 is 0 Å². The van der Waals surface area contributed by atoms with Gasteiger partial charge in [0.1, 0.15) is 19.8 Å². The molecule has 0 heterocycles. The fourth-order valence-electron chi connectivity index (χ4n) is 7.05. The van der Waals surface area contributed by atoms with Crippen LogP contribution in [0.25, 0.3) is 0 Å². The molecule has 0 saturated heterocycles. The van der Waals surface area contributed by atoms with E-state index in [0.717, 1.165) is 0 Å². The molecule has 3 N–H and O–H groups in total. The molecule has 0 aromatic heterocycles. The predicted octanol–water partition coefficient (Wildman–Crippen LogP) is 4.04. The minimum Gasteiger partial charge on any atom is -0.504 e. The van der Waals surface area contributed by atoms with Crippen LogP contribution >= 0.6 is 0 Å². The molecule has 3 aromatic carbocycles. The number of benzene rings is 3. The van der Waals surface area contributed by atoms with Crippen LogP contribution in [-0.4, -0.2) is 298 Å². The normalized spacial score (nSPS) is 11.7. The van der Waals surface area contributed by atoms with Gasteiger partial charge in [-0.05, 0) is 36.4 Å². The summed E-state index contributed by atoms with van der Waals surface area (Å²) in [6, 6.07) is 15.7. The maximum atomic E-state index is 11.0. The molecule has 0 aliphatic heterocycles. The number of nitrogens with zero attached hydrogens (tertiary/aromatic N) is 4. The summed E-state index contributed by atoms with van der Waals surface area (Å²) in [5.41, 5.74) is 1.52. The van der Waals surface area contributed by atoms with Crippen LogP contribution < -0.4 is 14.2 Å². The van der Waals surface area contributed by atoms with Crippen molar-refractivity contribution < 1.29 is 141 Å². The van der Waals surface area contributed by atoms with Gasteiger partial charge in [0, 0.05) is 116 Å². The van der Waals surface area contributed by atoms with Crippen molar-refractivity contribution in [2.24, 2.45) is 15.0 Å². The number of rotatable bonds is 60. The summed E-state index contributed by atoms with van der Waals surface area (Å²) in [5, 5.41) is 33.0. The average molecular weight is 1370 g/mol. The van der Waals surface area contributed by atoms with Crippen LogP contribution in [-0.2, 0) is 71.1 Å². The second-order valence-corrected chi connectivity index (χ2v) is 17.9. The molecule has 0 saturated carbocycles. The summed E-state index contributed by atoms with van der Waals surface area (Å²) in [7, 11) is 4.89. The van der Waals surface area contributed by atoms with E-state index in [1.54, 1.807) is 94.6 Å². The summed E-state index contributed by atoms with van der Waals surface area (Å²) in [4.78, 5) is 16.1. The SMILES string of the molecule is COCCOCCOCCOCCOCCOc1cccc(C=NCCN(CCN=Cc2cccc(OCCOCCOCCOCCOCCOC)c2O)CCN=Cc2cccc(OCCOCCOCCOCCOCCOC)c2O)c1O.[Gd]. The van der Waals surface area contributed by atoms with Gasteiger partial charge in [0.25, 0.3) is 0 Å². The van der Waals surface area contributed by atoms with Crippen LogP contribution in [0.3, 0.4) is 0 Å². The largest absolute Gasteiger partial charge is 0.504 e. The zero-order valence-corrected chi connectivity index (χ0v) is 53.0. The minimum atomic E-state index is -0.0251. The van der Waals surface area contributed by atoms with E-state index in [0.29, 0.717) is 252 Å². The van der Waals surface area contributed by atoms with Crippen molar-refractivity contribution in [1.29, 1.82) is 0 Å². The van der Waals surface area contributed by atoms with Gasteiger partial charge in [-0.2, -0.15) is 0 Å². The van der Waals surface area contributed by atoms with Gasteiger partial charge >= 0.3 is 0 Å². The Morgan fingerprint density at radius 1 is 0.302 bits per heavy atom. The second-order valence-electron chi connectivity index (χ2n) is 17.9. The van der Waals surface area contributed by atoms with Crippen LogP contribution in [0.5, 0.6) is 34.5 Å². The van der Waals surface area contributed by atoms with Crippen LogP contribution in [0, 0.1) is 39.9 Å². The van der Waals surface area contributed by atoms with Gasteiger partial charge in [-0.1, -0.05) is 18.2 Å². The van der Waals surface area contributed by atoms with Gasteiger partial charge in [-0.25, -0.2) is 0 Å². The van der Waals surface area contributed by atoms with Crippen molar-refractivity contribution in [2.75, 3.05) is 259 Å². The molecule has 0 amide bonds. The first-order valence-corrected chi connectivity index (χ1v) is 28.9. The zero-order chi connectivity index (χ0) is 60.6. The first-order valence-electron chi connectivity index (χ1n) is 28.9. The molecule has 0 fully saturated rings. The molecule has 490 valence electrons. The Morgan fingerprint density at radius 3 is 0.709 bits per heavy atom. The number of aliphatic imine (C=N–C) groups is 3. The van der Waals surface area contributed by atoms with E-state index in [4.69, 9.17) is 85.3 Å². The topological polar surface area (TPSA) is 267 Å². The Kier molecular flexibility index (Phi) is 52.4. The molecule has 26 heteroatoms. The second kappa shape index (κ2) is 57.6. The standard InChI is InChI=1S/C60H96N4O21.Gd/c1-68-19-22-71-25-28-74-31-34-77-37-40-80-43-46-83-55-10-4-7-52(58(55)65)49-61-13-16-64(17-14-62-50-53-8-5-11-56(59(53)66)84-47-44-81-41-38-78-35-32-75-29-26-72-23-20-69-2)18-15-63-51-54-9-6-12-57(60(54)67)85-48-45-82-42-39-79-36-33-76-30-27-73-24-21-70-3;/h4-12,49-51,65-67H,13-48H2,1-3H3;. The Labute approximate surface area is 540 Å². The maximum absolute atomic E-state index is 11.0. The fraction of sp³-hybridized carbons (Fsp3) is 0.650. The number of phenolic OH excluding ortho intramolecular Hbond substituents is 3. The van der Waals surface area contributed by atoms with Gasteiger partial charge in [0.2, 0.25) is 0 Å². The minimum absolute atomic E-state index is 0. The van der Waals surface area contributed by atoms with Gasteiger partial charge in [0.05, 0.1) is 198 Å². The number of phenols is 3. The van der Waals surface area contributed by atoms with E-state index in [1.165, 1.54) is 0 Å². The summed E-state index contributed by atoms with van der Waals surface area (Å²) in [5.74, 6) is 0.878. The third-order valence-corrected chi connectivity index (χ3v) is 11.5. The Hall–Kier alpha value is -3.85. The molecule has 0 spiro atoms.